The Hall–Kier alpha value is -4.31. The van der Waals surface area contributed by atoms with Gasteiger partial charge in [0.05, 0.1) is 43.7 Å². The quantitative estimate of drug-likeness (QED) is 0.220. The van der Waals surface area contributed by atoms with Crippen molar-refractivity contribution in [3.63, 3.8) is 0 Å². The first-order valence-corrected chi connectivity index (χ1v) is 11.9. The topological polar surface area (TPSA) is 102 Å². The lowest BCUT2D eigenvalue weighted by atomic mass is 10.2. The SMILES string of the molecule is COc1cccc(-n2c(SCc3nnc(-c4ccc(OC)c(OC)c4)o3)nc3ccccc3c2=O)c1. The molecule has 5 rings (SSSR count). The third kappa shape index (κ3) is 4.50. The number of hydrogen-bond donors (Lipinski definition) is 0. The minimum atomic E-state index is -0.173. The number of aromatic nitrogens is 4. The molecule has 0 saturated heterocycles. The Morgan fingerprint density at radius 1 is 0.889 bits per heavy atom. The molecular weight excluding hydrogens is 480 g/mol. The van der Waals surface area contributed by atoms with E-state index in [0.29, 0.717) is 62.1 Å². The zero-order valence-corrected chi connectivity index (χ0v) is 20.6. The highest BCUT2D eigenvalue weighted by molar-refractivity contribution is 7.98. The van der Waals surface area contributed by atoms with Crippen LogP contribution in [-0.4, -0.2) is 41.1 Å². The van der Waals surface area contributed by atoms with Crippen LogP contribution in [0.1, 0.15) is 5.89 Å². The Labute approximate surface area is 210 Å². The summed E-state index contributed by atoms with van der Waals surface area (Å²) in [6, 6.07) is 19.9. The molecule has 0 N–H and O–H groups in total. The Bertz CT molecular complexity index is 1600. The number of hydrogen-bond acceptors (Lipinski definition) is 9. The molecule has 0 aliphatic carbocycles. The highest BCUT2D eigenvalue weighted by Gasteiger charge is 2.17. The lowest BCUT2D eigenvalue weighted by Crippen LogP contribution is -2.21. The van der Waals surface area contributed by atoms with Crippen molar-refractivity contribution in [2.24, 2.45) is 0 Å². The molecule has 9 nitrogen and oxygen atoms in total. The molecule has 0 radical (unpaired) electrons. The summed E-state index contributed by atoms with van der Waals surface area (Å²) >= 11 is 1.33. The van der Waals surface area contributed by atoms with Gasteiger partial charge in [0.25, 0.3) is 5.56 Å². The molecule has 5 aromatic rings. The Morgan fingerprint density at radius 2 is 1.72 bits per heavy atom. The molecule has 2 heterocycles. The van der Waals surface area contributed by atoms with Crippen molar-refractivity contribution >= 4 is 22.7 Å². The van der Waals surface area contributed by atoms with Gasteiger partial charge in [-0.15, -0.1) is 10.2 Å². The lowest BCUT2D eigenvalue weighted by molar-refractivity contribution is 0.355. The zero-order chi connectivity index (χ0) is 25.1. The molecule has 36 heavy (non-hydrogen) atoms. The molecular formula is C26H22N4O5S. The molecule has 10 heteroatoms. The maximum Gasteiger partial charge on any atom is 0.266 e. The Kier molecular flexibility index (Phi) is 6.59. The smallest absolute Gasteiger partial charge is 0.266 e. The molecule has 0 aliphatic rings. The van der Waals surface area contributed by atoms with E-state index in [2.05, 4.69) is 10.2 Å². The zero-order valence-electron chi connectivity index (χ0n) is 19.8. The van der Waals surface area contributed by atoms with Crippen LogP contribution in [0.15, 0.2) is 81.1 Å². The molecule has 0 aliphatic heterocycles. The number of nitrogens with zero attached hydrogens (tertiary/aromatic N) is 4. The van der Waals surface area contributed by atoms with E-state index in [1.165, 1.54) is 11.8 Å². The van der Waals surface area contributed by atoms with Crippen molar-refractivity contribution in [2.75, 3.05) is 21.3 Å². The highest BCUT2D eigenvalue weighted by atomic mass is 32.2. The monoisotopic (exact) mass is 502 g/mol. The number of benzene rings is 3. The molecule has 0 spiro atoms. The third-order valence-electron chi connectivity index (χ3n) is 5.48. The molecule has 2 aromatic heterocycles. The van der Waals surface area contributed by atoms with Crippen LogP contribution >= 0.6 is 11.8 Å². The largest absolute Gasteiger partial charge is 0.497 e. The molecule has 0 unspecified atom stereocenters. The van der Waals surface area contributed by atoms with Gasteiger partial charge >= 0.3 is 0 Å². The predicted molar refractivity (Wildman–Crippen MR) is 136 cm³/mol. The second-order valence-electron chi connectivity index (χ2n) is 7.61. The number of methoxy groups -OCH3 is 3. The van der Waals surface area contributed by atoms with Crippen LogP contribution in [-0.2, 0) is 5.75 Å². The summed E-state index contributed by atoms with van der Waals surface area (Å²) in [4.78, 5) is 18.2. The van der Waals surface area contributed by atoms with E-state index in [-0.39, 0.29) is 5.56 Å². The summed E-state index contributed by atoms with van der Waals surface area (Å²) in [7, 11) is 4.73. The molecule has 0 bridgehead atoms. The van der Waals surface area contributed by atoms with E-state index in [1.807, 2.05) is 42.5 Å². The van der Waals surface area contributed by atoms with Gasteiger partial charge in [0.15, 0.2) is 16.7 Å². The fourth-order valence-corrected chi connectivity index (χ4v) is 4.56. The summed E-state index contributed by atoms with van der Waals surface area (Å²) in [5.74, 6) is 2.86. The summed E-state index contributed by atoms with van der Waals surface area (Å²) in [6.45, 7) is 0. The van der Waals surface area contributed by atoms with Crippen LogP contribution in [0.5, 0.6) is 17.2 Å². The van der Waals surface area contributed by atoms with Crippen molar-refractivity contribution in [1.29, 1.82) is 0 Å². The van der Waals surface area contributed by atoms with Crippen molar-refractivity contribution in [3.05, 3.63) is 83.0 Å². The van der Waals surface area contributed by atoms with Crippen LogP contribution in [0, 0.1) is 0 Å². The summed E-state index contributed by atoms with van der Waals surface area (Å²) < 4.78 is 23.5. The molecule has 3 aromatic carbocycles. The third-order valence-corrected chi connectivity index (χ3v) is 6.40. The van der Waals surface area contributed by atoms with Crippen LogP contribution in [0.4, 0.5) is 0 Å². The van der Waals surface area contributed by atoms with Gasteiger partial charge in [-0.2, -0.15) is 0 Å². The van der Waals surface area contributed by atoms with Crippen molar-refractivity contribution in [3.8, 4) is 34.4 Å². The van der Waals surface area contributed by atoms with E-state index in [9.17, 15) is 4.79 Å². The van der Waals surface area contributed by atoms with Crippen LogP contribution in [0.2, 0.25) is 0 Å². The second-order valence-corrected chi connectivity index (χ2v) is 8.56. The van der Waals surface area contributed by atoms with Crippen molar-refractivity contribution < 1.29 is 18.6 Å². The first kappa shape index (κ1) is 23.4. The lowest BCUT2D eigenvalue weighted by Gasteiger charge is -2.13. The fraction of sp³-hybridized carbons (Fsp3) is 0.154. The van der Waals surface area contributed by atoms with Gasteiger partial charge < -0.3 is 18.6 Å². The fourth-order valence-electron chi connectivity index (χ4n) is 3.71. The number of ether oxygens (including phenoxy) is 3. The van der Waals surface area contributed by atoms with Crippen LogP contribution < -0.4 is 19.8 Å². The van der Waals surface area contributed by atoms with Gasteiger partial charge in [-0.1, -0.05) is 30.0 Å². The first-order chi connectivity index (χ1) is 17.6. The van der Waals surface area contributed by atoms with E-state index < -0.39 is 0 Å². The number of thioether (sulfide) groups is 1. The molecule has 182 valence electrons. The minimum Gasteiger partial charge on any atom is -0.497 e. The van der Waals surface area contributed by atoms with Crippen LogP contribution in [0.25, 0.3) is 28.0 Å². The maximum absolute atomic E-state index is 13.5. The molecule has 0 fully saturated rings. The average Bonchev–Trinajstić information content (AvgIpc) is 3.40. The number of fused-ring (bicyclic) bond motifs is 1. The highest BCUT2D eigenvalue weighted by Crippen LogP contribution is 2.32. The van der Waals surface area contributed by atoms with E-state index in [1.54, 1.807) is 50.2 Å². The summed E-state index contributed by atoms with van der Waals surface area (Å²) in [5.41, 5.74) is 1.79. The van der Waals surface area contributed by atoms with Gasteiger partial charge in [-0.25, -0.2) is 4.98 Å². The Morgan fingerprint density at radius 3 is 2.53 bits per heavy atom. The second kappa shape index (κ2) is 10.1. The average molecular weight is 503 g/mol. The van der Waals surface area contributed by atoms with Gasteiger partial charge in [0.2, 0.25) is 11.8 Å². The van der Waals surface area contributed by atoms with Gasteiger partial charge in [-0.3, -0.25) is 9.36 Å². The molecule has 0 amide bonds. The number of para-hydroxylation sites is 1. The molecule has 0 saturated carbocycles. The summed E-state index contributed by atoms with van der Waals surface area (Å²) in [5, 5.41) is 9.37. The van der Waals surface area contributed by atoms with Crippen molar-refractivity contribution in [2.45, 2.75) is 10.9 Å². The normalized spacial score (nSPS) is 11.0. The predicted octanol–water partition coefficient (Wildman–Crippen LogP) is 4.75. The maximum atomic E-state index is 13.5. The Balaban J connectivity index is 1.48. The standard InChI is InChI=1S/C26H22N4O5S/c1-32-18-8-6-7-17(14-18)30-25(31)19-9-4-5-10-20(19)27-26(30)36-15-23-28-29-24(35-23)16-11-12-21(33-2)22(13-16)34-3/h4-14H,15H2,1-3H3. The minimum absolute atomic E-state index is 0.173. The summed E-state index contributed by atoms with van der Waals surface area (Å²) in [6.07, 6.45) is 0. The van der Waals surface area contributed by atoms with E-state index in [4.69, 9.17) is 23.6 Å². The van der Waals surface area contributed by atoms with E-state index in [0.717, 1.165) is 0 Å². The number of rotatable bonds is 8. The van der Waals surface area contributed by atoms with Crippen LogP contribution in [0.3, 0.4) is 0 Å². The van der Waals surface area contributed by atoms with Gasteiger partial charge in [0, 0.05) is 11.6 Å². The van der Waals surface area contributed by atoms with Gasteiger partial charge in [0.1, 0.15) is 5.75 Å². The van der Waals surface area contributed by atoms with E-state index >= 15 is 0 Å². The first-order valence-electron chi connectivity index (χ1n) is 10.9. The van der Waals surface area contributed by atoms with Gasteiger partial charge in [-0.05, 0) is 42.5 Å². The van der Waals surface area contributed by atoms with Crippen molar-refractivity contribution in [1.82, 2.24) is 19.7 Å². The molecule has 0 atom stereocenters.